The van der Waals surface area contributed by atoms with Gasteiger partial charge in [0.2, 0.25) is 5.91 Å². The van der Waals surface area contributed by atoms with Gasteiger partial charge in [-0.2, -0.15) is 0 Å². The highest BCUT2D eigenvalue weighted by Crippen LogP contribution is 2.35. The van der Waals surface area contributed by atoms with Crippen molar-refractivity contribution in [2.24, 2.45) is 5.73 Å². The van der Waals surface area contributed by atoms with Gasteiger partial charge in [-0.1, -0.05) is 41.9 Å². The number of aryl methyl sites for hydroxylation is 1. The van der Waals surface area contributed by atoms with E-state index in [1.54, 1.807) is 6.07 Å². The Morgan fingerprint density at radius 2 is 1.90 bits per heavy atom. The van der Waals surface area contributed by atoms with E-state index in [2.05, 4.69) is 15.9 Å². The molecule has 2 aromatic carbocycles. The molecule has 0 aliphatic carbocycles. The maximum Gasteiger partial charge on any atom is 0.217 e. The first-order valence-electron chi connectivity index (χ1n) is 6.49. The number of ether oxygens (including phenoxy) is 1. The van der Waals surface area contributed by atoms with E-state index in [1.807, 2.05) is 36.4 Å². The van der Waals surface area contributed by atoms with Crippen molar-refractivity contribution in [3.63, 3.8) is 0 Å². The number of hydrogen-bond acceptors (Lipinski definition) is 2. The Bertz CT molecular complexity index is 608. The first-order chi connectivity index (χ1) is 10.1. The molecule has 0 aromatic heterocycles. The van der Waals surface area contributed by atoms with Crippen LogP contribution in [-0.2, 0) is 17.8 Å². The molecule has 2 aromatic rings. The molecular weight excluding hydrogens is 354 g/mol. The molecule has 0 bridgehead atoms. The number of nitrogens with two attached hydrogens (primary N) is 1. The van der Waals surface area contributed by atoms with Crippen LogP contribution in [0.4, 0.5) is 0 Å². The molecule has 5 heteroatoms. The summed E-state index contributed by atoms with van der Waals surface area (Å²) in [6.07, 6.45) is 0.861. The Balaban J connectivity index is 2.08. The summed E-state index contributed by atoms with van der Waals surface area (Å²) in [5.41, 5.74) is 7.16. The molecule has 0 saturated carbocycles. The summed E-state index contributed by atoms with van der Waals surface area (Å²) in [6, 6.07) is 13.6. The van der Waals surface area contributed by atoms with Crippen molar-refractivity contribution in [2.45, 2.75) is 19.4 Å². The number of benzene rings is 2. The lowest BCUT2D eigenvalue weighted by Gasteiger charge is -2.12. The lowest BCUT2D eigenvalue weighted by Crippen LogP contribution is -2.11. The van der Waals surface area contributed by atoms with Crippen LogP contribution in [-0.4, -0.2) is 5.91 Å². The zero-order valence-corrected chi connectivity index (χ0v) is 13.7. The summed E-state index contributed by atoms with van der Waals surface area (Å²) in [6.45, 7) is 0.444. The van der Waals surface area contributed by atoms with E-state index in [4.69, 9.17) is 22.1 Å². The zero-order chi connectivity index (χ0) is 15.2. The summed E-state index contributed by atoms with van der Waals surface area (Å²) in [5.74, 6) is 0.273. The minimum atomic E-state index is -0.327. The number of rotatable bonds is 6. The monoisotopic (exact) mass is 367 g/mol. The van der Waals surface area contributed by atoms with Gasteiger partial charge < -0.3 is 10.5 Å². The van der Waals surface area contributed by atoms with Crippen molar-refractivity contribution in [1.82, 2.24) is 0 Å². The van der Waals surface area contributed by atoms with Crippen LogP contribution in [0.25, 0.3) is 0 Å². The summed E-state index contributed by atoms with van der Waals surface area (Å²) in [7, 11) is 0. The molecule has 0 spiro atoms. The summed E-state index contributed by atoms with van der Waals surface area (Å²) in [4.78, 5) is 10.8. The highest BCUT2D eigenvalue weighted by Gasteiger charge is 2.10. The van der Waals surface area contributed by atoms with Crippen molar-refractivity contribution >= 4 is 33.4 Å². The van der Waals surface area contributed by atoms with E-state index in [-0.39, 0.29) is 5.91 Å². The van der Waals surface area contributed by atoms with E-state index in [0.717, 1.165) is 15.6 Å². The quantitative estimate of drug-likeness (QED) is 0.834. The topological polar surface area (TPSA) is 52.3 Å². The standard InChI is InChI=1S/C16H15BrClNO2/c17-13-8-12(6-7-15(19)20)9-14(18)16(13)21-10-11-4-2-1-3-5-11/h1-5,8-9H,6-7,10H2,(H2,19,20). The van der Waals surface area contributed by atoms with Crippen LogP contribution in [0, 0.1) is 0 Å². The van der Waals surface area contributed by atoms with Gasteiger partial charge in [0.15, 0.2) is 5.75 Å². The largest absolute Gasteiger partial charge is 0.486 e. The van der Waals surface area contributed by atoms with Crippen LogP contribution in [0.1, 0.15) is 17.5 Å². The van der Waals surface area contributed by atoms with Crippen molar-refractivity contribution in [1.29, 1.82) is 0 Å². The molecule has 0 radical (unpaired) electrons. The molecule has 2 N–H and O–H groups in total. The molecule has 0 aliphatic rings. The molecule has 0 unspecified atom stereocenters. The maximum atomic E-state index is 10.8. The van der Waals surface area contributed by atoms with Gasteiger partial charge in [0.1, 0.15) is 6.61 Å². The van der Waals surface area contributed by atoms with E-state index < -0.39 is 0 Å². The van der Waals surface area contributed by atoms with Crippen molar-refractivity contribution in [3.05, 3.63) is 63.1 Å². The van der Waals surface area contributed by atoms with E-state index in [1.165, 1.54) is 0 Å². The van der Waals surface area contributed by atoms with E-state index in [9.17, 15) is 4.79 Å². The number of halogens is 2. The molecule has 3 nitrogen and oxygen atoms in total. The van der Waals surface area contributed by atoms with Crippen LogP contribution >= 0.6 is 27.5 Å². The third-order valence-electron chi connectivity index (χ3n) is 2.94. The van der Waals surface area contributed by atoms with Crippen molar-refractivity contribution in [2.75, 3.05) is 0 Å². The lowest BCUT2D eigenvalue weighted by molar-refractivity contribution is -0.117. The first kappa shape index (κ1) is 15.9. The predicted molar refractivity (Wildman–Crippen MR) is 87.4 cm³/mol. The van der Waals surface area contributed by atoms with E-state index in [0.29, 0.717) is 30.2 Å². The Hall–Kier alpha value is -1.52. The molecule has 0 saturated heterocycles. The molecule has 0 fully saturated rings. The second-order valence-electron chi connectivity index (χ2n) is 4.63. The molecule has 0 aliphatic heterocycles. The molecule has 110 valence electrons. The summed E-state index contributed by atoms with van der Waals surface area (Å²) in [5, 5.41) is 0.514. The first-order valence-corrected chi connectivity index (χ1v) is 7.66. The van der Waals surface area contributed by atoms with Gasteiger partial charge in [-0.25, -0.2) is 0 Å². The van der Waals surface area contributed by atoms with Crippen LogP contribution in [0.5, 0.6) is 5.75 Å². The minimum Gasteiger partial charge on any atom is -0.486 e. The van der Waals surface area contributed by atoms with E-state index >= 15 is 0 Å². The maximum absolute atomic E-state index is 10.8. The zero-order valence-electron chi connectivity index (χ0n) is 11.3. The average Bonchev–Trinajstić information content (AvgIpc) is 2.45. The van der Waals surface area contributed by atoms with Gasteiger partial charge in [-0.15, -0.1) is 0 Å². The SMILES string of the molecule is NC(=O)CCc1cc(Cl)c(OCc2ccccc2)c(Br)c1. The molecule has 0 atom stereocenters. The Labute approximate surface area is 137 Å². The fourth-order valence-corrected chi connectivity index (χ4v) is 2.92. The van der Waals surface area contributed by atoms with Crippen LogP contribution in [0.2, 0.25) is 5.02 Å². The Kier molecular flexibility index (Phi) is 5.65. The number of amides is 1. The second-order valence-corrected chi connectivity index (χ2v) is 5.89. The second kappa shape index (κ2) is 7.48. The fourth-order valence-electron chi connectivity index (χ4n) is 1.89. The lowest BCUT2D eigenvalue weighted by atomic mass is 10.1. The highest BCUT2D eigenvalue weighted by molar-refractivity contribution is 9.10. The van der Waals surface area contributed by atoms with Gasteiger partial charge in [0.25, 0.3) is 0 Å². The van der Waals surface area contributed by atoms with Gasteiger partial charge in [0, 0.05) is 6.42 Å². The number of carbonyl (C=O) groups is 1. The molecule has 21 heavy (non-hydrogen) atoms. The van der Waals surface area contributed by atoms with Crippen LogP contribution in [0.15, 0.2) is 46.9 Å². The molecular formula is C16H15BrClNO2. The number of primary amides is 1. The number of carbonyl (C=O) groups excluding carboxylic acids is 1. The van der Waals surface area contributed by atoms with Crippen LogP contribution in [0.3, 0.4) is 0 Å². The summed E-state index contributed by atoms with van der Waals surface area (Å²) >= 11 is 9.70. The van der Waals surface area contributed by atoms with Crippen molar-refractivity contribution < 1.29 is 9.53 Å². The molecule has 0 heterocycles. The average molecular weight is 369 g/mol. The highest BCUT2D eigenvalue weighted by atomic mass is 79.9. The number of hydrogen-bond donors (Lipinski definition) is 1. The third-order valence-corrected chi connectivity index (χ3v) is 3.81. The van der Waals surface area contributed by atoms with Gasteiger partial charge in [-0.05, 0) is 45.6 Å². The minimum absolute atomic E-state index is 0.299. The Morgan fingerprint density at radius 1 is 1.19 bits per heavy atom. The molecule has 1 amide bonds. The normalized spacial score (nSPS) is 10.4. The smallest absolute Gasteiger partial charge is 0.217 e. The van der Waals surface area contributed by atoms with Gasteiger partial charge in [0.05, 0.1) is 9.50 Å². The van der Waals surface area contributed by atoms with Crippen LogP contribution < -0.4 is 10.5 Å². The predicted octanol–water partition coefficient (Wildman–Crippen LogP) is 4.10. The van der Waals surface area contributed by atoms with Gasteiger partial charge >= 0.3 is 0 Å². The summed E-state index contributed by atoms with van der Waals surface area (Å²) < 4.78 is 6.53. The Morgan fingerprint density at radius 3 is 2.52 bits per heavy atom. The van der Waals surface area contributed by atoms with Crippen molar-refractivity contribution in [3.8, 4) is 5.75 Å². The molecule has 2 rings (SSSR count). The fraction of sp³-hybridized carbons (Fsp3) is 0.188. The van der Waals surface area contributed by atoms with Gasteiger partial charge in [-0.3, -0.25) is 4.79 Å². The third kappa shape index (κ3) is 4.76.